The summed E-state index contributed by atoms with van der Waals surface area (Å²) in [6.45, 7) is 0. The monoisotopic (exact) mass is 435 g/mol. The lowest BCUT2D eigenvalue weighted by Gasteiger charge is -2.23. The molecule has 2 heterocycles. The molecule has 0 aliphatic carbocycles. The van der Waals surface area contributed by atoms with E-state index in [9.17, 15) is 14.7 Å². The first kappa shape index (κ1) is 21.0. The quantitative estimate of drug-likeness (QED) is 0.356. The first-order chi connectivity index (χ1) is 15.5. The highest BCUT2D eigenvalue weighted by Crippen LogP contribution is 2.43. The Morgan fingerprint density at radius 2 is 1.72 bits per heavy atom. The summed E-state index contributed by atoms with van der Waals surface area (Å²) in [7, 11) is 4.47. The Labute approximate surface area is 184 Å². The zero-order chi connectivity index (χ0) is 22.8. The minimum Gasteiger partial charge on any atom is -0.507 e. The number of carbonyl (C=O) groups excluding carboxylic acids is 2. The molecule has 1 aromatic heterocycles. The van der Waals surface area contributed by atoms with Crippen LogP contribution in [0.3, 0.4) is 0 Å². The van der Waals surface area contributed by atoms with Gasteiger partial charge in [0.25, 0.3) is 11.7 Å². The maximum Gasteiger partial charge on any atom is 0.300 e. The minimum absolute atomic E-state index is 0.0972. The van der Waals surface area contributed by atoms with Crippen molar-refractivity contribution >= 4 is 23.1 Å². The van der Waals surface area contributed by atoms with Gasteiger partial charge in [-0.3, -0.25) is 14.5 Å². The van der Waals surface area contributed by atoms with Crippen molar-refractivity contribution in [3.8, 4) is 17.2 Å². The third-order valence-corrected chi connectivity index (χ3v) is 5.25. The Kier molecular flexibility index (Phi) is 5.59. The average molecular weight is 435 g/mol. The minimum atomic E-state index is -0.967. The Balaban J connectivity index is 1.91. The van der Waals surface area contributed by atoms with Crippen molar-refractivity contribution in [2.24, 2.45) is 0 Å². The zero-order valence-electron chi connectivity index (χ0n) is 17.7. The van der Waals surface area contributed by atoms with E-state index in [0.29, 0.717) is 34.3 Å². The topological polar surface area (TPSA) is 98.4 Å². The van der Waals surface area contributed by atoms with E-state index in [4.69, 9.17) is 18.6 Å². The van der Waals surface area contributed by atoms with Gasteiger partial charge < -0.3 is 23.7 Å². The molecule has 164 valence electrons. The molecule has 1 aliphatic heterocycles. The highest BCUT2D eigenvalue weighted by Gasteiger charge is 2.48. The van der Waals surface area contributed by atoms with E-state index in [1.54, 1.807) is 48.5 Å². The normalized spacial score (nSPS) is 17.5. The van der Waals surface area contributed by atoms with Crippen LogP contribution in [0.25, 0.3) is 5.76 Å². The Hall–Kier alpha value is -4.20. The van der Waals surface area contributed by atoms with Crippen LogP contribution in [-0.2, 0) is 9.59 Å². The van der Waals surface area contributed by atoms with Crippen molar-refractivity contribution in [1.82, 2.24) is 0 Å². The molecular formula is C24H21NO7. The summed E-state index contributed by atoms with van der Waals surface area (Å²) in [5.74, 6) is -0.299. The lowest BCUT2D eigenvalue weighted by Crippen LogP contribution is -2.29. The number of hydrogen-bond donors (Lipinski definition) is 1. The van der Waals surface area contributed by atoms with Crippen LogP contribution in [0.15, 0.2) is 70.9 Å². The second-order valence-corrected chi connectivity index (χ2v) is 6.96. The van der Waals surface area contributed by atoms with Crippen LogP contribution in [0.2, 0.25) is 0 Å². The van der Waals surface area contributed by atoms with Gasteiger partial charge >= 0.3 is 0 Å². The number of aliphatic hydroxyl groups excluding tert-OH is 1. The lowest BCUT2D eigenvalue weighted by molar-refractivity contribution is -0.132. The smallest absolute Gasteiger partial charge is 0.300 e. The van der Waals surface area contributed by atoms with Crippen molar-refractivity contribution in [2.75, 3.05) is 26.2 Å². The number of ketones is 1. The van der Waals surface area contributed by atoms with Gasteiger partial charge in [0.2, 0.25) is 0 Å². The molecule has 8 nitrogen and oxygen atoms in total. The van der Waals surface area contributed by atoms with Crippen LogP contribution in [-0.4, -0.2) is 38.1 Å². The second kappa shape index (κ2) is 8.50. The molecule has 0 bridgehead atoms. The molecule has 3 aromatic rings. The molecule has 1 amide bonds. The summed E-state index contributed by atoms with van der Waals surface area (Å²) in [5, 5.41) is 11.1. The molecule has 1 N–H and O–H groups in total. The number of rotatable bonds is 6. The van der Waals surface area contributed by atoms with E-state index in [0.717, 1.165) is 0 Å². The predicted octanol–water partition coefficient (Wildman–Crippen LogP) is 3.93. The van der Waals surface area contributed by atoms with E-state index in [1.807, 2.05) is 0 Å². The number of benzene rings is 2. The number of hydrogen-bond acceptors (Lipinski definition) is 7. The van der Waals surface area contributed by atoms with Gasteiger partial charge in [-0.15, -0.1) is 0 Å². The van der Waals surface area contributed by atoms with E-state index in [1.165, 1.54) is 38.6 Å². The molecule has 1 saturated heterocycles. The highest BCUT2D eigenvalue weighted by molar-refractivity contribution is 6.51. The van der Waals surface area contributed by atoms with Crippen molar-refractivity contribution in [3.63, 3.8) is 0 Å². The lowest BCUT2D eigenvalue weighted by atomic mass is 9.99. The predicted molar refractivity (Wildman–Crippen MR) is 116 cm³/mol. The van der Waals surface area contributed by atoms with E-state index < -0.39 is 17.7 Å². The number of ether oxygens (including phenoxy) is 3. The molecule has 32 heavy (non-hydrogen) atoms. The molecule has 0 radical (unpaired) electrons. The van der Waals surface area contributed by atoms with Crippen molar-refractivity contribution in [1.29, 1.82) is 0 Å². The molecule has 1 unspecified atom stereocenters. The van der Waals surface area contributed by atoms with Crippen LogP contribution in [0.1, 0.15) is 17.4 Å². The van der Waals surface area contributed by atoms with Gasteiger partial charge in [0.05, 0.1) is 33.2 Å². The molecule has 0 spiro atoms. The largest absolute Gasteiger partial charge is 0.507 e. The number of amides is 1. The Morgan fingerprint density at radius 3 is 2.38 bits per heavy atom. The fraction of sp³-hybridized carbons (Fsp3) is 0.167. The molecule has 1 aliphatic rings. The molecule has 8 heteroatoms. The molecule has 4 rings (SSSR count). The number of furan rings is 1. The molecule has 2 aromatic carbocycles. The van der Waals surface area contributed by atoms with Crippen LogP contribution >= 0.6 is 0 Å². The Morgan fingerprint density at radius 1 is 0.938 bits per heavy atom. The van der Waals surface area contributed by atoms with Gasteiger partial charge in [-0.1, -0.05) is 6.07 Å². The van der Waals surface area contributed by atoms with Crippen LogP contribution in [0.4, 0.5) is 5.69 Å². The van der Waals surface area contributed by atoms with Gasteiger partial charge in [0.15, 0.2) is 11.5 Å². The summed E-state index contributed by atoms with van der Waals surface area (Å²) in [4.78, 5) is 27.5. The van der Waals surface area contributed by atoms with Gasteiger partial charge in [-0.25, -0.2) is 0 Å². The fourth-order valence-electron chi connectivity index (χ4n) is 3.71. The molecule has 0 saturated carbocycles. The van der Waals surface area contributed by atoms with Crippen molar-refractivity contribution in [3.05, 3.63) is 77.8 Å². The second-order valence-electron chi connectivity index (χ2n) is 6.96. The zero-order valence-corrected chi connectivity index (χ0v) is 17.7. The van der Waals surface area contributed by atoms with E-state index in [2.05, 4.69) is 0 Å². The maximum atomic E-state index is 13.1. The number of anilines is 1. The first-order valence-electron chi connectivity index (χ1n) is 9.71. The van der Waals surface area contributed by atoms with Gasteiger partial charge in [0.1, 0.15) is 23.3 Å². The van der Waals surface area contributed by atoms with Crippen molar-refractivity contribution in [2.45, 2.75) is 6.04 Å². The van der Waals surface area contributed by atoms with Gasteiger partial charge in [-0.2, -0.15) is 0 Å². The number of nitrogens with zero attached hydrogens (tertiary/aromatic N) is 1. The average Bonchev–Trinajstić information content (AvgIpc) is 3.45. The van der Waals surface area contributed by atoms with Crippen LogP contribution < -0.4 is 19.1 Å². The number of aliphatic hydroxyl groups is 1. The molecule has 1 fully saturated rings. The first-order valence-corrected chi connectivity index (χ1v) is 9.71. The number of methoxy groups -OCH3 is 3. The molecular weight excluding hydrogens is 414 g/mol. The standard InChI is InChI=1S/C24H21NO7/c1-29-16-7-4-6-15(13-16)25-21(18-8-5-11-32-18)20(23(27)24(25)28)22(26)14-9-10-17(30-2)19(12-14)31-3/h4-13,21,26H,1-3H3/b22-20-. The van der Waals surface area contributed by atoms with Crippen molar-refractivity contribution < 1.29 is 33.3 Å². The van der Waals surface area contributed by atoms with Gasteiger partial charge in [0, 0.05) is 17.3 Å². The van der Waals surface area contributed by atoms with Gasteiger partial charge in [-0.05, 0) is 42.5 Å². The third kappa shape index (κ3) is 3.45. The fourth-order valence-corrected chi connectivity index (χ4v) is 3.71. The summed E-state index contributed by atoms with van der Waals surface area (Å²) < 4.78 is 21.3. The summed E-state index contributed by atoms with van der Waals surface area (Å²) in [6, 6.07) is 13.8. The summed E-state index contributed by atoms with van der Waals surface area (Å²) in [6.07, 6.45) is 1.44. The maximum absolute atomic E-state index is 13.1. The molecule has 1 atom stereocenters. The SMILES string of the molecule is COc1cccc(N2C(=O)C(=O)/C(=C(\O)c3ccc(OC)c(OC)c3)C2c2ccco2)c1. The van der Waals surface area contributed by atoms with Crippen LogP contribution in [0, 0.1) is 0 Å². The summed E-state index contributed by atoms with van der Waals surface area (Å²) >= 11 is 0. The third-order valence-electron chi connectivity index (χ3n) is 5.25. The highest BCUT2D eigenvalue weighted by atomic mass is 16.5. The summed E-state index contributed by atoms with van der Waals surface area (Å²) in [5.41, 5.74) is 0.627. The Bertz CT molecular complexity index is 1200. The van der Waals surface area contributed by atoms with Crippen LogP contribution in [0.5, 0.6) is 17.2 Å². The van der Waals surface area contributed by atoms with E-state index in [-0.39, 0.29) is 11.3 Å². The van der Waals surface area contributed by atoms with E-state index >= 15 is 0 Å². The number of Topliss-reactive ketones (excluding diaryl/α,β-unsaturated/α-hetero) is 1. The number of carbonyl (C=O) groups is 2.